The van der Waals surface area contributed by atoms with E-state index in [4.69, 9.17) is 5.73 Å². The average Bonchev–Trinajstić information content (AvgIpc) is 2.68. The fraction of sp³-hybridized carbons (Fsp3) is 0.125. The van der Waals surface area contributed by atoms with Crippen molar-refractivity contribution in [3.05, 3.63) is 64.0 Å². The molecule has 0 aliphatic carbocycles. The fourth-order valence-corrected chi connectivity index (χ4v) is 3.04. The summed E-state index contributed by atoms with van der Waals surface area (Å²) in [6, 6.07) is 12.9. The van der Waals surface area contributed by atoms with E-state index in [1.807, 2.05) is 31.2 Å². The number of hydrogen-bond donors (Lipinski definition) is 1. The summed E-state index contributed by atoms with van der Waals surface area (Å²) in [6.07, 6.45) is 0. The van der Waals surface area contributed by atoms with Gasteiger partial charge in [0.05, 0.1) is 6.54 Å². The zero-order valence-corrected chi connectivity index (χ0v) is 12.6. The molecule has 3 rings (SSSR count). The maximum Gasteiger partial charge on any atom is 0.130 e. The summed E-state index contributed by atoms with van der Waals surface area (Å²) >= 11 is 3.61. The van der Waals surface area contributed by atoms with E-state index in [2.05, 4.69) is 20.5 Å². The molecule has 2 N–H and O–H groups in total. The van der Waals surface area contributed by atoms with Crippen LogP contribution in [-0.2, 0) is 6.54 Å². The molecule has 3 aromatic rings. The molecule has 0 spiro atoms. The lowest BCUT2D eigenvalue weighted by atomic mass is 10.1. The van der Waals surface area contributed by atoms with E-state index in [1.165, 1.54) is 6.07 Å². The number of hydrogen-bond acceptors (Lipinski definition) is 1. The van der Waals surface area contributed by atoms with Gasteiger partial charge in [0.2, 0.25) is 0 Å². The van der Waals surface area contributed by atoms with Gasteiger partial charge in [0.1, 0.15) is 5.82 Å². The maximum atomic E-state index is 14.0. The van der Waals surface area contributed by atoms with Gasteiger partial charge in [-0.2, -0.15) is 0 Å². The highest BCUT2D eigenvalue weighted by Crippen LogP contribution is 2.31. The Morgan fingerprint density at radius 3 is 2.65 bits per heavy atom. The van der Waals surface area contributed by atoms with Crippen molar-refractivity contribution >= 4 is 32.5 Å². The number of para-hydroxylation sites is 1. The number of rotatable bonds is 2. The number of nitrogen functional groups attached to an aromatic ring is 1. The van der Waals surface area contributed by atoms with Crippen LogP contribution in [0.2, 0.25) is 0 Å². The standard InChI is InChI=1S/C16H14BrFN2/c1-10-16(17)11-5-2-3-8-15(11)20(10)9-12-13(18)6-4-7-14(12)19/h2-8H,9,19H2,1H3. The number of nitrogens with zero attached hydrogens (tertiary/aromatic N) is 1. The SMILES string of the molecule is Cc1c(Br)c2ccccc2n1Cc1c(N)cccc1F. The van der Waals surface area contributed by atoms with E-state index >= 15 is 0 Å². The van der Waals surface area contributed by atoms with E-state index < -0.39 is 0 Å². The Hall–Kier alpha value is -1.81. The molecule has 1 aromatic heterocycles. The molecule has 0 radical (unpaired) electrons. The van der Waals surface area contributed by atoms with Gasteiger partial charge in [-0.1, -0.05) is 24.3 Å². The topological polar surface area (TPSA) is 30.9 Å². The van der Waals surface area contributed by atoms with Gasteiger partial charge in [-0.3, -0.25) is 0 Å². The molecule has 0 aliphatic heterocycles. The molecule has 0 unspecified atom stereocenters. The van der Waals surface area contributed by atoms with Gasteiger partial charge in [-0.05, 0) is 41.1 Å². The van der Waals surface area contributed by atoms with E-state index in [-0.39, 0.29) is 5.82 Å². The Morgan fingerprint density at radius 2 is 1.90 bits per heavy atom. The third-order valence-electron chi connectivity index (χ3n) is 3.63. The van der Waals surface area contributed by atoms with Crippen LogP contribution in [0, 0.1) is 12.7 Å². The van der Waals surface area contributed by atoms with Crippen molar-refractivity contribution in [3.8, 4) is 0 Å². The molecule has 0 aliphatic rings. The quantitative estimate of drug-likeness (QED) is 0.689. The average molecular weight is 333 g/mol. The first kappa shape index (κ1) is 13.2. The Morgan fingerprint density at radius 1 is 1.15 bits per heavy atom. The van der Waals surface area contributed by atoms with E-state index in [0.717, 1.165) is 21.1 Å². The molecule has 4 heteroatoms. The van der Waals surface area contributed by atoms with E-state index in [0.29, 0.717) is 17.8 Å². The second-order valence-electron chi connectivity index (χ2n) is 4.81. The molecular formula is C16H14BrFN2. The third kappa shape index (κ3) is 2.00. The van der Waals surface area contributed by atoms with Crippen molar-refractivity contribution in [2.45, 2.75) is 13.5 Å². The second kappa shape index (κ2) is 4.94. The molecule has 0 fully saturated rings. The summed E-state index contributed by atoms with van der Waals surface area (Å²) in [6.45, 7) is 2.44. The maximum absolute atomic E-state index is 14.0. The van der Waals surface area contributed by atoms with Gasteiger partial charge in [-0.25, -0.2) is 4.39 Å². The van der Waals surface area contributed by atoms with E-state index in [9.17, 15) is 4.39 Å². The first-order valence-corrected chi connectivity index (χ1v) is 7.15. The van der Waals surface area contributed by atoms with Crippen LogP contribution in [0.15, 0.2) is 46.9 Å². The lowest BCUT2D eigenvalue weighted by molar-refractivity contribution is 0.601. The predicted octanol–water partition coefficient (Wildman–Crippen LogP) is 4.48. The van der Waals surface area contributed by atoms with Crippen LogP contribution in [-0.4, -0.2) is 4.57 Å². The van der Waals surface area contributed by atoms with Crippen LogP contribution in [0.25, 0.3) is 10.9 Å². The molecule has 2 nitrogen and oxygen atoms in total. The summed E-state index contributed by atoms with van der Waals surface area (Å²) < 4.78 is 17.1. The largest absolute Gasteiger partial charge is 0.398 e. The summed E-state index contributed by atoms with van der Waals surface area (Å²) in [4.78, 5) is 0. The highest BCUT2D eigenvalue weighted by molar-refractivity contribution is 9.10. The van der Waals surface area contributed by atoms with Crippen LogP contribution in [0.5, 0.6) is 0 Å². The second-order valence-corrected chi connectivity index (χ2v) is 5.60. The first-order valence-electron chi connectivity index (χ1n) is 6.36. The van der Waals surface area contributed by atoms with Gasteiger partial charge >= 0.3 is 0 Å². The summed E-state index contributed by atoms with van der Waals surface area (Å²) in [5, 5.41) is 1.12. The summed E-state index contributed by atoms with van der Waals surface area (Å²) in [7, 11) is 0. The highest BCUT2D eigenvalue weighted by atomic mass is 79.9. The number of aromatic nitrogens is 1. The van der Waals surface area contributed by atoms with Crippen LogP contribution in [0.3, 0.4) is 0 Å². The smallest absolute Gasteiger partial charge is 0.130 e. The minimum absolute atomic E-state index is 0.265. The fourth-order valence-electron chi connectivity index (χ4n) is 2.49. The Labute approximate surface area is 125 Å². The molecule has 0 bridgehead atoms. The number of nitrogens with two attached hydrogens (primary N) is 1. The molecule has 0 atom stereocenters. The molecule has 2 aromatic carbocycles. The van der Waals surface area contributed by atoms with Crippen LogP contribution in [0.4, 0.5) is 10.1 Å². The minimum Gasteiger partial charge on any atom is -0.398 e. The molecule has 0 saturated heterocycles. The molecule has 20 heavy (non-hydrogen) atoms. The molecule has 0 amide bonds. The van der Waals surface area contributed by atoms with Gasteiger partial charge in [0, 0.05) is 32.3 Å². The molecule has 1 heterocycles. The predicted molar refractivity (Wildman–Crippen MR) is 84.3 cm³/mol. The number of anilines is 1. The van der Waals surface area contributed by atoms with E-state index in [1.54, 1.807) is 12.1 Å². The Balaban J connectivity index is 2.19. The lowest BCUT2D eigenvalue weighted by Gasteiger charge is -2.11. The van der Waals surface area contributed by atoms with Crippen LogP contribution < -0.4 is 5.73 Å². The molecular weight excluding hydrogens is 319 g/mol. The summed E-state index contributed by atoms with van der Waals surface area (Å²) in [5.74, 6) is -0.265. The van der Waals surface area contributed by atoms with Gasteiger partial charge < -0.3 is 10.3 Å². The Bertz CT molecular complexity index is 772. The zero-order valence-electron chi connectivity index (χ0n) is 11.0. The highest BCUT2D eigenvalue weighted by Gasteiger charge is 2.14. The summed E-state index contributed by atoms with van der Waals surface area (Å²) in [5.41, 5.74) is 9.05. The molecule has 0 saturated carbocycles. The Kier molecular flexibility index (Phi) is 3.26. The van der Waals surface area contributed by atoms with Gasteiger partial charge in [-0.15, -0.1) is 0 Å². The third-order valence-corrected chi connectivity index (χ3v) is 4.63. The minimum atomic E-state index is -0.265. The van der Waals surface area contributed by atoms with Crippen molar-refractivity contribution in [3.63, 3.8) is 0 Å². The van der Waals surface area contributed by atoms with Crippen LogP contribution in [0.1, 0.15) is 11.3 Å². The number of benzene rings is 2. The van der Waals surface area contributed by atoms with Crippen LogP contribution >= 0.6 is 15.9 Å². The van der Waals surface area contributed by atoms with Crippen molar-refractivity contribution in [2.24, 2.45) is 0 Å². The zero-order chi connectivity index (χ0) is 14.3. The van der Waals surface area contributed by atoms with Crippen molar-refractivity contribution in [1.82, 2.24) is 4.57 Å². The van der Waals surface area contributed by atoms with Crippen molar-refractivity contribution in [2.75, 3.05) is 5.73 Å². The monoisotopic (exact) mass is 332 g/mol. The number of fused-ring (bicyclic) bond motifs is 1. The van der Waals surface area contributed by atoms with Gasteiger partial charge in [0.15, 0.2) is 0 Å². The number of halogens is 2. The first-order chi connectivity index (χ1) is 9.59. The lowest BCUT2D eigenvalue weighted by Crippen LogP contribution is -2.06. The van der Waals surface area contributed by atoms with Crippen molar-refractivity contribution in [1.29, 1.82) is 0 Å². The molecule has 102 valence electrons. The normalized spacial score (nSPS) is 11.2. The van der Waals surface area contributed by atoms with Crippen molar-refractivity contribution < 1.29 is 4.39 Å². The van der Waals surface area contributed by atoms with Gasteiger partial charge in [0.25, 0.3) is 0 Å².